The molecule has 2 aliphatic heterocycles. The lowest BCUT2D eigenvalue weighted by molar-refractivity contribution is 0.205. The molecule has 0 N–H and O–H groups in total. The molecule has 132 valence electrons. The van der Waals surface area contributed by atoms with E-state index in [-0.39, 0.29) is 0 Å². The summed E-state index contributed by atoms with van der Waals surface area (Å²) in [5, 5.41) is 0. The van der Waals surface area contributed by atoms with E-state index in [9.17, 15) is 0 Å². The summed E-state index contributed by atoms with van der Waals surface area (Å²) in [7, 11) is 0. The first-order valence-corrected chi connectivity index (χ1v) is 9.28. The minimum Gasteiger partial charge on any atom is -0.355 e. The van der Waals surface area contributed by atoms with Gasteiger partial charge < -0.3 is 9.80 Å². The Kier molecular flexibility index (Phi) is 5.06. The van der Waals surface area contributed by atoms with E-state index < -0.39 is 0 Å². The van der Waals surface area contributed by atoms with Crippen LogP contribution in [0.4, 0.5) is 11.6 Å². The molecule has 2 aromatic rings. The molecule has 0 aromatic carbocycles. The fourth-order valence-electron chi connectivity index (χ4n) is 3.94. The Morgan fingerprint density at radius 1 is 0.880 bits per heavy atom. The van der Waals surface area contributed by atoms with Gasteiger partial charge in [-0.3, -0.25) is 9.88 Å². The van der Waals surface area contributed by atoms with E-state index >= 15 is 0 Å². The number of rotatable bonds is 4. The van der Waals surface area contributed by atoms with Gasteiger partial charge in [0.25, 0.3) is 0 Å². The molecule has 2 aliphatic rings. The van der Waals surface area contributed by atoms with Crippen molar-refractivity contribution in [1.29, 1.82) is 0 Å². The highest BCUT2D eigenvalue weighted by atomic mass is 15.3. The van der Waals surface area contributed by atoms with E-state index in [4.69, 9.17) is 0 Å². The summed E-state index contributed by atoms with van der Waals surface area (Å²) in [6.45, 7) is 7.76. The van der Waals surface area contributed by atoms with E-state index in [2.05, 4.69) is 41.8 Å². The highest BCUT2D eigenvalue weighted by Crippen LogP contribution is 2.22. The molecular weight excluding hydrogens is 312 g/mol. The first-order valence-electron chi connectivity index (χ1n) is 9.28. The molecule has 1 atom stereocenters. The van der Waals surface area contributed by atoms with Crippen molar-refractivity contribution in [1.82, 2.24) is 19.9 Å². The van der Waals surface area contributed by atoms with Crippen molar-refractivity contribution in [2.75, 3.05) is 55.6 Å². The van der Waals surface area contributed by atoms with E-state index in [1.54, 1.807) is 12.4 Å². The van der Waals surface area contributed by atoms with Crippen molar-refractivity contribution in [3.05, 3.63) is 43.0 Å². The van der Waals surface area contributed by atoms with Crippen LogP contribution in [-0.4, -0.2) is 65.7 Å². The van der Waals surface area contributed by atoms with Crippen LogP contribution in [0.1, 0.15) is 12.8 Å². The average molecular weight is 338 g/mol. The van der Waals surface area contributed by atoms with E-state index in [0.29, 0.717) is 0 Å². The standard InChI is InChI=1S/C19H26N6/c1-2-6-21-18(5-1)24-12-10-23(11-13-24)15-17-4-3-9-25(16-17)19-14-20-7-8-22-19/h1-2,5-8,14,17H,3-4,9-13,15-16H2/t17-/m1/s1. The SMILES string of the molecule is c1ccc(N2CCN(C[C@H]3CCCN(c4cnccn4)C3)CC2)nc1. The second-order valence-electron chi connectivity index (χ2n) is 6.99. The fourth-order valence-corrected chi connectivity index (χ4v) is 3.94. The minimum atomic E-state index is 0.720. The third-order valence-electron chi connectivity index (χ3n) is 5.25. The van der Waals surface area contributed by atoms with Crippen molar-refractivity contribution < 1.29 is 0 Å². The lowest BCUT2D eigenvalue weighted by atomic mass is 9.97. The third-order valence-corrected chi connectivity index (χ3v) is 5.25. The molecule has 0 spiro atoms. The summed E-state index contributed by atoms with van der Waals surface area (Å²) in [6, 6.07) is 6.15. The van der Waals surface area contributed by atoms with Crippen LogP contribution in [0.15, 0.2) is 43.0 Å². The van der Waals surface area contributed by atoms with Crippen LogP contribution < -0.4 is 9.80 Å². The van der Waals surface area contributed by atoms with Gasteiger partial charge in [-0.15, -0.1) is 0 Å². The molecule has 0 bridgehead atoms. The van der Waals surface area contributed by atoms with E-state index in [0.717, 1.165) is 56.8 Å². The van der Waals surface area contributed by atoms with Gasteiger partial charge in [-0.25, -0.2) is 9.97 Å². The number of hydrogen-bond acceptors (Lipinski definition) is 6. The number of pyridine rings is 1. The first kappa shape index (κ1) is 16.3. The Morgan fingerprint density at radius 3 is 2.52 bits per heavy atom. The Labute approximate surface area is 149 Å². The van der Waals surface area contributed by atoms with Crippen LogP contribution in [0.5, 0.6) is 0 Å². The summed E-state index contributed by atoms with van der Waals surface area (Å²) >= 11 is 0. The molecule has 0 saturated carbocycles. The van der Waals surface area contributed by atoms with Gasteiger partial charge in [-0.2, -0.15) is 0 Å². The number of piperidine rings is 1. The monoisotopic (exact) mass is 338 g/mol. The van der Waals surface area contributed by atoms with E-state index in [1.807, 2.05) is 18.5 Å². The van der Waals surface area contributed by atoms with Crippen LogP contribution in [0.25, 0.3) is 0 Å². The Morgan fingerprint density at radius 2 is 1.76 bits per heavy atom. The molecule has 25 heavy (non-hydrogen) atoms. The van der Waals surface area contributed by atoms with Gasteiger partial charge in [-0.1, -0.05) is 6.07 Å². The second kappa shape index (κ2) is 7.78. The molecule has 2 saturated heterocycles. The molecule has 6 nitrogen and oxygen atoms in total. The summed E-state index contributed by atoms with van der Waals surface area (Å²) in [5.74, 6) is 2.85. The molecule has 0 unspecified atom stereocenters. The lowest BCUT2D eigenvalue weighted by Gasteiger charge is -2.39. The van der Waals surface area contributed by atoms with Gasteiger partial charge in [-0.05, 0) is 30.9 Å². The Balaban J connectivity index is 1.28. The number of nitrogens with zero attached hydrogens (tertiary/aromatic N) is 6. The fraction of sp³-hybridized carbons (Fsp3) is 0.526. The molecule has 4 rings (SSSR count). The highest BCUT2D eigenvalue weighted by molar-refractivity contribution is 5.38. The first-order chi connectivity index (χ1) is 12.4. The molecule has 6 heteroatoms. The number of anilines is 2. The van der Waals surface area contributed by atoms with Gasteiger partial charge >= 0.3 is 0 Å². The van der Waals surface area contributed by atoms with Crippen LogP contribution in [0.2, 0.25) is 0 Å². The van der Waals surface area contributed by atoms with Gasteiger partial charge in [0.1, 0.15) is 11.6 Å². The topological polar surface area (TPSA) is 48.4 Å². The predicted molar refractivity (Wildman–Crippen MR) is 99.9 cm³/mol. The van der Waals surface area contributed by atoms with Crippen LogP contribution in [-0.2, 0) is 0 Å². The quantitative estimate of drug-likeness (QED) is 0.849. The smallest absolute Gasteiger partial charge is 0.147 e. The van der Waals surface area contributed by atoms with Crippen molar-refractivity contribution in [2.24, 2.45) is 5.92 Å². The highest BCUT2D eigenvalue weighted by Gasteiger charge is 2.25. The summed E-state index contributed by atoms with van der Waals surface area (Å²) in [6.07, 6.45) is 9.85. The Hall–Kier alpha value is -2.21. The maximum Gasteiger partial charge on any atom is 0.147 e. The normalized spacial score (nSPS) is 22.2. The zero-order valence-corrected chi connectivity index (χ0v) is 14.7. The molecule has 4 heterocycles. The molecule has 2 aromatic heterocycles. The van der Waals surface area contributed by atoms with Crippen molar-refractivity contribution in [2.45, 2.75) is 12.8 Å². The summed E-state index contributed by atoms with van der Waals surface area (Å²) < 4.78 is 0. The van der Waals surface area contributed by atoms with Gasteiger partial charge in [0.05, 0.1) is 6.20 Å². The van der Waals surface area contributed by atoms with Crippen LogP contribution in [0, 0.1) is 5.92 Å². The molecule has 0 radical (unpaired) electrons. The van der Waals surface area contributed by atoms with Crippen LogP contribution >= 0.6 is 0 Å². The molecular formula is C19H26N6. The van der Waals surface area contributed by atoms with Crippen LogP contribution in [0.3, 0.4) is 0 Å². The second-order valence-corrected chi connectivity index (χ2v) is 6.99. The van der Waals surface area contributed by atoms with Crippen molar-refractivity contribution >= 4 is 11.6 Å². The number of aromatic nitrogens is 3. The minimum absolute atomic E-state index is 0.720. The third kappa shape index (κ3) is 4.07. The van der Waals surface area contributed by atoms with Crippen molar-refractivity contribution in [3.8, 4) is 0 Å². The predicted octanol–water partition coefficient (Wildman–Crippen LogP) is 1.91. The zero-order chi connectivity index (χ0) is 16.9. The van der Waals surface area contributed by atoms with Crippen molar-refractivity contribution in [3.63, 3.8) is 0 Å². The molecule has 0 amide bonds. The van der Waals surface area contributed by atoms with Gasteiger partial charge in [0.2, 0.25) is 0 Å². The molecule has 2 fully saturated rings. The largest absolute Gasteiger partial charge is 0.355 e. The van der Waals surface area contributed by atoms with Gasteiger partial charge in [0, 0.05) is 64.4 Å². The number of hydrogen-bond donors (Lipinski definition) is 0. The maximum absolute atomic E-state index is 4.47. The molecule has 0 aliphatic carbocycles. The summed E-state index contributed by atoms with van der Waals surface area (Å²) in [5.41, 5.74) is 0. The summed E-state index contributed by atoms with van der Waals surface area (Å²) in [4.78, 5) is 20.6. The van der Waals surface area contributed by atoms with E-state index in [1.165, 1.54) is 19.4 Å². The average Bonchev–Trinajstić information content (AvgIpc) is 2.70. The maximum atomic E-state index is 4.47. The van der Waals surface area contributed by atoms with Gasteiger partial charge in [0.15, 0.2) is 0 Å². The lowest BCUT2D eigenvalue weighted by Crippen LogP contribution is -2.50. The Bertz CT molecular complexity index is 641. The zero-order valence-electron chi connectivity index (χ0n) is 14.7. The number of piperazine rings is 1.